The van der Waals surface area contributed by atoms with Gasteiger partial charge in [0, 0.05) is 48.7 Å². The van der Waals surface area contributed by atoms with Crippen LogP contribution in [0.3, 0.4) is 0 Å². The van der Waals surface area contributed by atoms with Gasteiger partial charge in [-0.3, -0.25) is 9.59 Å². The van der Waals surface area contributed by atoms with Crippen LogP contribution in [0.15, 0.2) is 72.8 Å². The molecule has 1 spiro atoms. The number of piperidine rings is 1. The summed E-state index contributed by atoms with van der Waals surface area (Å²) in [6.45, 7) is 27.1. The fraction of sp³-hybridized carbons (Fsp3) is 0.500. The molecule has 54 heavy (non-hydrogen) atoms. The summed E-state index contributed by atoms with van der Waals surface area (Å²) in [6, 6.07) is 17.7. The SMILES string of the molecule is C=CC1=CCCC12CCN(c1cc(C)c(NC(=O)CC(C)(C)C)c(C)c1)CC2.Cc1cc(C2CCc3ccccc3N2)cc(C)c1NC(=O)CC(C)(C)C. The minimum absolute atomic E-state index is 0.00539. The second kappa shape index (κ2) is 16.6. The van der Waals surface area contributed by atoms with Crippen LogP contribution in [0.2, 0.25) is 0 Å². The van der Waals surface area contributed by atoms with Crippen molar-refractivity contribution in [2.45, 2.75) is 127 Å². The second-order valence-electron chi connectivity index (χ2n) is 18.6. The molecular weight excluding hydrogens is 665 g/mol. The number of carbonyl (C=O) groups is 2. The zero-order chi connectivity index (χ0) is 39.4. The number of fused-ring (bicyclic) bond motifs is 1. The Kier molecular flexibility index (Phi) is 12.6. The molecule has 3 aromatic rings. The maximum atomic E-state index is 12.4. The van der Waals surface area contributed by atoms with E-state index in [9.17, 15) is 9.59 Å². The Morgan fingerprint density at radius 1 is 0.815 bits per heavy atom. The van der Waals surface area contributed by atoms with E-state index in [1.807, 2.05) is 0 Å². The minimum atomic E-state index is -0.00869. The maximum absolute atomic E-state index is 12.4. The zero-order valence-electron chi connectivity index (χ0n) is 34.9. The summed E-state index contributed by atoms with van der Waals surface area (Å²) in [5, 5.41) is 9.94. The Morgan fingerprint density at radius 2 is 1.33 bits per heavy atom. The second-order valence-corrected chi connectivity index (χ2v) is 18.6. The van der Waals surface area contributed by atoms with E-state index in [1.54, 1.807) is 0 Å². The van der Waals surface area contributed by atoms with Crippen molar-refractivity contribution in [1.82, 2.24) is 0 Å². The van der Waals surface area contributed by atoms with Crippen molar-refractivity contribution < 1.29 is 9.59 Å². The Hall–Kier alpha value is -4.32. The molecule has 2 heterocycles. The van der Waals surface area contributed by atoms with Crippen molar-refractivity contribution in [2.75, 3.05) is 33.9 Å². The van der Waals surface area contributed by atoms with Gasteiger partial charge in [0.25, 0.3) is 0 Å². The van der Waals surface area contributed by atoms with E-state index in [0.29, 0.717) is 24.3 Å². The smallest absolute Gasteiger partial charge is 0.224 e. The number of carbonyl (C=O) groups excluding carboxylic acids is 2. The Bertz CT molecular complexity index is 1830. The van der Waals surface area contributed by atoms with Gasteiger partial charge >= 0.3 is 0 Å². The van der Waals surface area contributed by atoms with Gasteiger partial charge in [-0.25, -0.2) is 0 Å². The third kappa shape index (κ3) is 10.2. The predicted molar refractivity (Wildman–Crippen MR) is 230 cm³/mol. The number of nitrogens with zero attached hydrogens (tertiary/aromatic N) is 1. The summed E-state index contributed by atoms with van der Waals surface area (Å²) < 4.78 is 0. The van der Waals surface area contributed by atoms with Gasteiger partial charge in [-0.15, -0.1) is 0 Å². The molecule has 3 aliphatic rings. The van der Waals surface area contributed by atoms with Crippen LogP contribution in [0, 0.1) is 43.9 Å². The van der Waals surface area contributed by atoms with E-state index in [0.717, 1.165) is 59.6 Å². The number of hydrogen-bond acceptors (Lipinski definition) is 4. The van der Waals surface area contributed by atoms with Crippen LogP contribution in [0.5, 0.6) is 0 Å². The third-order valence-electron chi connectivity index (χ3n) is 11.3. The topological polar surface area (TPSA) is 73.5 Å². The third-order valence-corrected chi connectivity index (χ3v) is 11.3. The van der Waals surface area contributed by atoms with Crippen LogP contribution in [-0.2, 0) is 16.0 Å². The largest absolute Gasteiger partial charge is 0.378 e. The van der Waals surface area contributed by atoms with Gasteiger partial charge in [0.1, 0.15) is 0 Å². The summed E-state index contributed by atoms with van der Waals surface area (Å²) in [6.07, 6.45) is 12.6. The summed E-state index contributed by atoms with van der Waals surface area (Å²) in [4.78, 5) is 27.2. The van der Waals surface area contributed by atoms with Crippen LogP contribution in [0.4, 0.5) is 22.7 Å². The predicted octanol–water partition coefficient (Wildman–Crippen LogP) is 11.9. The van der Waals surface area contributed by atoms with E-state index in [1.165, 1.54) is 53.8 Å². The Balaban J connectivity index is 0.000000208. The lowest BCUT2D eigenvalue weighted by Gasteiger charge is -2.42. The lowest BCUT2D eigenvalue weighted by molar-refractivity contribution is -0.118. The molecule has 3 N–H and O–H groups in total. The minimum Gasteiger partial charge on any atom is -0.378 e. The van der Waals surface area contributed by atoms with Crippen molar-refractivity contribution in [1.29, 1.82) is 0 Å². The molecule has 0 radical (unpaired) electrons. The summed E-state index contributed by atoms with van der Waals surface area (Å²) >= 11 is 0. The first-order valence-electron chi connectivity index (χ1n) is 20.1. The maximum Gasteiger partial charge on any atom is 0.224 e. The molecule has 1 fully saturated rings. The van der Waals surface area contributed by atoms with Gasteiger partial charge in [0.2, 0.25) is 11.8 Å². The first kappa shape index (κ1) is 40.9. The highest BCUT2D eigenvalue weighted by atomic mass is 16.2. The van der Waals surface area contributed by atoms with Crippen molar-refractivity contribution in [3.05, 3.63) is 106 Å². The molecule has 290 valence electrons. The number of nitrogens with one attached hydrogen (secondary N) is 3. The van der Waals surface area contributed by atoms with Gasteiger partial charge in [-0.2, -0.15) is 0 Å². The van der Waals surface area contributed by atoms with Gasteiger partial charge < -0.3 is 20.9 Å². The molecule has 1 aliphatic carbocycles. The molecule has 2 amide bonds. The molecular formula is C48H66N4O2. The van der Waals surface area contributed by atoms with Crippen molar-refractivity contribution in [3.63, 3.8) is 0 Å². The number of hydrogen-bond donors (Lipinski definition) is 3. The molecule has 0 aromatic heterocycles. The number of para-hydroxylation sites is 1. The molecule has 6 nitrogen and oxygen atoms in total. The molecule has 2 aliphatic heterocycles. The van der Waals surface area contributed by atoms with Crippen LogP contribution < -0.4 is 20.9 Å². The van der Waals surface area contributed by atoms with Crippen molar-refractivity contribution in [2.24, 2.45) is 16.2 Å². The number of benzene rings is 3. The lowest BCUT2D eigenvalue weighted by Crippen LogP contribution is -2.40. The van der Waals surface area contributed by atoms with Gasteiger partial charge in [-0.1, -0.05) is 90.6 Å². The summed E-state index contributed by atoms with van der Waals surface area (Å²) in [5.41, 5.74) is 13.5. The first-order valence-corrected chi connectivity index (χ1v) is 20.1. The lowest BCUT2D eigenvalue weighted by atomic mass is 9.73. The zero-order valence-corrected chi connectivity index (χ0v) is 34.9. The fourth-order valence-corrected chi connectivity index (χ4v) is 8.63. The molecule has 3 aromatic carbocycles. The van der Waals surface area contributed by atoms with E-state index >= 15 is 0 Å². The highest BCUT2D eigenvalue weighted by Crippen LogP contribution is 2.48. The highest BCUT2D eigenvalue weighted by Gasteiger charge is 2.39. The molecule has 1 atom stereocenters. The average Bonchev–Trinajstić information content (AvgIpc) is 3.48. The first-order chi connectivity index (χ1) is 25.4. The molecule has 0 bridgehead atoms. The van der Waals surface area contributed by atoms with E-state index in [2.05, 4.69) is 157 Å². The molecule has 6 heteroatoms. The molecule has 0 saturated carbocycles. The summed E-state index contributed by atoms with van der Waals surface area (Å²) in [5.74, 6) is 0.178. The van der Waals surface area contributed by atoms with Crippen LogP contribution in [-0.4, -0.2) is 24.9 Å². The van der Waals surface area contributed by atoms with Crippen molar-refractivity contribution in [3.8, 4) is 0 Å². The highest BCUT2D eigenvalue weighted by molar-refractivity contribution is 5.93. The van der Waals surface area contributed by atoms with Gasteiger partial charge in [0.05, 0.1) is 6.04 Å². The monoisotopic (exact) mass is 731 g/mol. The summed E-state index contributed by atoms with van der Waals surface area (Å²) in [7, 11) is 0. The van der Waals surface area contributed by atoms with Crippen LogP contribution in [0.25, 0.3) is 0 Å². The average molecular weight is 731 g/mol. The fourth-order valence-electron chi connectivity index (χ4n) is 8.63. The Labute approximate surface area is 326 Å². The number of amides is 2. The standard InChI is InChI=1S/C25H36N2O.C23H30N2O/c1-7-20-9-8-10-25(20)11-13-27(14-12-25)21-15-18(2)23(19(3)16-21)26-22(28)17-24(4,5)6;1-15-12-18(20-11-10-17-8-6-7-9-19(17)24-20)13-16(2)22(15)25-21(26)14-23(3,4)5/h7,9,15-16H,1,8,10-14,17H2,2-6H3,(H,26,28);6-9,12-13,20,24H,10-11,14H2,1-5H3,(H,25,26). The van der Waals surface area contributed by atoms with Crippen molar-refractivity contribution >= 4 is 34.6 Å². The van der Waals surface area contributed by atoms with Crippen LogP contribution >= 0.6 is 0 Å². The number of rotatable bonds is 7. The number of allylic oxidation sites excluding steroid dienone is 3. The molecule has 1 unspecified atom stereocenters. The van der Waals surface area contributed by atoms with E-state index in [-0.39, 0.29) is 22.6 Å². The van der Waals surface area contributed by atoms with E-state index in [4.69, 9.17) is 0 Å². The normalized spacial score (nSPS) is 17.8. The van der Waals surface area contributed by atoms with Gasteiger partial charge in [-0.05, 0) is 140 Å². The molecule has 6 rings (SSSR count). The number of aryl methyl sites for hydroxylation is 5. The quantitative estimate of drug-likeness (QED) is 0.226. The van der Waals surface area contributed by atoms with E-state index < -0.39 is 0 Å². The number of anilines is 4. The van der Waals surface area contributed by atoms with Crippen LogP contribution in [0.1, 0.15) is 126 Å². The van der Waals surface area contributed by atoms with Gasteiger partial charge in [0.15, 0.2) is 0 Å². The Morgan fingerprint density at radius 3 is 1.85 bits per heavy atom. The molecule has 1 saturated heterocycles.